The lowest BCUT2D eigenvalue weighted by Gasteiger charge is -2.23. The second kappa shape index (κ2) is 28.4. The first-order valence-electron chi connectivity index (χ1n) is 25.2. The molecule has 2 atom stereocenters. The Bertz CT molecular complexity index is 3870. The zero-order valence-electron chi connectivity index (χ0n) is 43.0. The number of anilines is 6. The highest BCUT2D eigenvalue weighted by molar-refractivity contribution is 7.18. The minimum atomic E-state index is 0. The highest BCUT2D eigenvalue weighted by Gasteiger charge is 2.27. The lowest BCUT2D eigenvalue weighted by atomic mass is 10.2. The van der Waals surface area contributed by atoms with Gasteiger partial charge in [0.15, 0.2) is 16.8 Å². The predicted molar refractivity (Wildman–Crippen MR) is 332 cm³/mol. The maximum atomic E-state index is 9.66. The number of nitrogen functional groups attached to an aromatic ring is 1. The van der Waals surface area contributed by atoms with Crippen LogP contribution in [0.5, 0.6) is 0 Å². The summed E-state index contributed by atoms with van der Waals surface area (Å²) < 4.78 is 8.64. The van der Waals surface area contributed by atoms with Crippen molar-refractivity contribution in [1.29, 1.82) is 0 Å². The molecular formula is C55H53Cl4N17O2S3. The van der Waals surface area contributed by atoms with Crippen molar-refractivity contribution < 1.29 is 10.2 Å². The Kier molecular flexibility index (Phi) is 20.4. The number of para-hydroxylation sites is 3. The van der Waals surface area contributed by atoms with Crippen molar-refractivity contribution in [1.82, 2.24) is 63.9 Å². The number of imidazole rings is 3. The van der Waals surface area contributed by atoms with Gasteiger partial charge in [0.1, 0.15) is 36.4 Å². The van der Waals surface area contributed by atoms with Crippen LogP contribution in [0.2, 0.25) is 15.7 Å². The van der Waals surface area contributed by atoms with Crippen LogP contribution in [0.3, 0.4) is 0 Å². The number of halogens is 4. The second-order valence-corrected chi connectivity index (χ2v) is 21.6. The summed E-state index contributed by atoms with van der Waals surface area (Å²) in [5.74, 6) is 4.04. The molecule has 2 aliphatic rings. The van der Waals surface area contributed by atoms with Gasteiger partial charge < -0.3 is 50.5 Å². The van der Waals surface area contributed by atoms with Crippen LogP contribution in [0.15, 0.2) is 163 Å². The first-order valence-corrected chi connectivity index (χ1v) is 29.0. The van der Waals surface area contributed by atoms with Crippen molar-refractivity contribution in [3.8, 4) is 17.1 Å². The monoisotopic (exact) mass is 1220 g/mol. The van der Waals surface area contributed by atoms with Gasteiger partial charge in [-0.2, -0.15) is 9.97 Å². The number of nitrogens with two attached hydrogens (primary N) is 1. The summed E-state index contributed by atoms with van der Waals surface area (Å²) >= 11 is 22.0. The molecule has 7 N–H and O–H groups in total. The lowest BCUT2D eigenvalue weighted by Crippen LogP contribution is -2.33. The smallest absolute Gasteiger partial charge is 0.228 e. The van der Waals surface area contributed by atoms with Gasteiger partial charge in [-0.3, -0.25) is 0 Å². The molecule has 3 aromatic carbocycles. The van der Waals surface area contributed by atoms with Gasteiger partial charge >= 0.3 is 0 Å². The number of thiophene rings is 3. The zero-order chi connectivity index (χ0) is 55.2. The van der Waals surface area contributed by atoms with Gasteiger partial charge in [-0.25, -0.2) is 34.9 Å². The minimum Gasteiger partial charge on any atom is -0.395 e. The van der Waals surface area contributed by atoms with Crippen molar-refractivity contribution in [3.05, 3.63) is 179 Å². The van der Waals surface area contributed by atoms with Crippen LogP contribution in [-0.2, 0) is 0 Å². The number of fused-ring (bicyclic) bond motifs is 3. The molecule has 81 heavy (non-hydrogen) atoms. The highest BCUT2D eigenvalue weighted by atomic mass is 35.5. The largest absolute Gasteiger partial charge is 0.395 e. The van der Waals surface area contributed by atoms with Gasteiger partial charge in [-0.1, -0.05) is 66.2 Å². The van der Waals surface area contributed by atoms with E-state index < -0.39 is 0 Å². The van der Waals surface area contributed by atoms with Crippen molar-refractivity contribution >= 4 is 147 Å². The maximum absolute atomic E-state index is 9.66. The first-order chi connectivity index (χ1) is 39.2. The van der Waals surface area contributed by atoms with Crippen LogP contribution >= 0.6 is 81.2 Å². The van der Waals surface area contributed by atoms with Crippen LogP contribution in [-0.4, -0.2) is 107 Å². The fourth-order valence-corrected chi connectivity index (χ4v) is 11.5. The fourth-order valence-electron chi connectivity index (χ4n) is 8.57. The summed E-state index contributed by atoms with van der Waals surface area (Å²) in [6, 6.07) is 36.3. The van der Waals surface area contributed by atoms with Crippen LogP contribution < -0.4 is 26.6 Å². The molecule has 2 saturated heterocycles. The molecule has 0 spiro atoms. The second-order valence-electron chi connectivity index (χ2n) is 17.8. The number of nitrogens with one attached hydrogen (secondary N) is 3. The Balaban J connectivity index is 0.000000132. The van der Waals surface area contributed by atoms with Gasteiger partial charge in [-0.05, 0) is 126 Å². The average Bonchev–Trinajstić information content (AvgIpc) is 4.36. The quantitative estimate of drug-likeness (QED) is 0.0551. The molecule has 0 radical (unpaired) electrons. The highest BCUT2D eigenvalue weighted by Crippen LogP contribution is 2.33. The SMILES string of the molecule is Cl.Clc1nc(Cl)c2sccc2n1.Clc1nc(Nc2cn(-c3ccccc3)cn2)c2sccc2n1.Nc1cn(-c2ccccc2)cn1.OC[C@@H]1CCCN1.OC[C@@H]1CCCN1c1nc(Nc2cn(-c3ccccc3)cn2)c2sccc2n1. The maximum Gasteiger partial charge on any atom is 0.228 e. The number of hydrogen-bond acceptors (Lipinski definition) is 19. The third-order valence-corrected chi connectivity index (χ3v) is 15.9. The summed E-state index contributed by atoms with van der Waals surface area (Å²) in [4.78, 5) is 40.6. The number of benzene rings is 3. The van der Waals surface area contributed by atoms with E-state index in [1.54, 1.807) is 47.9 Å². The normalized spacial score (nSPS) is 14.4. The third-order valence-electron chi connectivity index (χ3n) is 12.5. The molecule has 12 aromatic rings. The molecule has 416 valence electrons. The summed E-state index contributed by atoms with van der Waals surface area (Å²) in [7, 11) is 0. The van der Waals surface area contributed by atoms with E-state index in [0.29, 0.717) is 41.2 Å². The summed E-state index contributed by atoms with van der Waals surface area (Å²) in [5, 5.41) is 34.6. The molecule has 19 nitrogen and oxygen atoms in total. The van der Waals surface area contributed by atoms with Crippen LogP contribution in [0.25, 0.3) is 47.7 Å². The van der Waals surface area contributed by atoms with Crippen molar-refractivity contribution in [3.63, 3.8) is 0 Å². The number of rotatable bonds is 10. The average molecular weight is 1220 g/mol. The molecule has 0 aliphatic carbocycles. The molecular weight excluding hydrogens is 1170 g/mol. The van der Waals surface area contributed by atoms with Gasteiger partial charge in [0, 0.05) is 29.6 Å². The predicted octanol–water partition coefficient (Wildman–Crippen LogP) is 12.5. The van der Waals surface area contributed by atoms with E-state index >= 15 is 0 Å². The standard InChI is InChI=1S/C20H20N6OS.C15H10ClN5S.C9H9N3.C6H2Cl2N2S.C5H11NO.ClH/c27-12-15-7-4-9-26(15)20-22-16-8-10-28-18(16)19(24-20)23-17-11-25(13-21-17)14-5-2-1-3-6-14;16-15-18-11-6-7-22-13(11)14(20-15)19-12-8-21(9-17-12)10-4-2-1-3-5-10;10-9-6-12(7-11-9)8-4-2-1-3-5-8;7-5-4-3(1-2-11-4)9-6(8)10-5;7-4-5-2-1-3-6-5;/h1-3,5-6,8,10-11,13,15,27H,4,7,9,12H2,(H,22,23,24);1-9H,(H,18,19,20);1-7H,10H2;1-2H;5-7H,1-4H2;1H/t15-;;;;5-;/m0...0./s1. The Labute approximate surface area is 498 Å². The van der Waals surface area contributed by atoms with Crippen LogP contribution in [0.4, 0.5) is 35.0 Å². The molecule has 2 fully saturated rings. The number of aliphatic hydroxyl groups is 2. The minimum absolute atomic E-state index is 0. The summed E-state index contributed by atoms with van der Waals surface area (Å²) in [6.45, 7) is 2.38. The van der Waals surface area contributed by atoms with Gasteiger partial charge in [0.2, 0.25) is 16.5 Å². The number of nitrogens with zero attached hydrogens (tertiary/aromatic N) is 13. The Hall–Kier alpha value is -7.35. The molecule has 26 heteroatoms. The number of hydrogen-bond donors (Lipinski definition) is 6. The van der Waals surface area contributed by atoms with E-state index in [4.69, 9.17) is 55.6 Å². The molecule has 0 saturated carbocycles. The Morgan fingerprint density at radius 2 is 1.05 bits per heavy atom. The van der Waals surface area contributed by atoms with Gasteiger partial charge in [0.25, 0.3) is 0 Å². The van der Waals surface area contributed by atoms with Crippen molar-refractivity contribution in [2.75, 3.05) is 47.6 Å². The van der Waals surface area contributed by atoms with Crippen molar-refractivity contribution in [2.45, 2.75) is 37.8 Å². The molecule has 11 heterocycles. The molecule has 14 rings (SSSR count). The summed E-state index contributed by atoms with van der Waals surface area (Å²) in [5.41, 5.74) is 11.2. The van der Waals surface area contributed by atoms with E-state index in [9.17, 15) is 5.11 Å². The van der Waals surface area contributed by atoms with E-state index in [1.807, 2.05) is 151 Å². The number of aliphatic hydroxyl groups excluding tert-OH is 2. The van der Waals surface area contributed by atoms with E-state index in [1.165, 1.54) is 17.8 Å². The topological polar surface area (TPSA) is 237 Å². The van der Waals surface area contributed by atoms with E-state index in [0.717, 1.165) is 91.7 Å². The Morgan fingerprint density at radius 1 is 0.556 bits per heavy atom. The molecule has 9 aromatic heterocycles. The van der Waals surface area contributed by atoms with E-state index in [-0.39, 0.29) is 35.6 Å². The summed E-state index contributed by atoms with van der Waals surface area (Å²) in [6.07, 6.45) is 15.3. The lowest BCUT2D eigenvalue weighted by molar-refractivity contribution is 0.255. The van der Waals surface area contributed by atoms with Gasteiger partial charge in [-0.15, -0.1) is 46.4 Å². The molecule has 2 aliphatic heterocycles. The van der Waals surface area contributed by atoms with Crippen LogP contribution in [0.1, 0.15) is 25.7 Å². The molecule has 0 unspecified atom stereocenters. The van der Waals surface area contributed by atoms with Crippen LogP contribution in [0, 0.1) is 0 Å². The first kappa shape index (κ1) is 58.3. The fraction of sp³-hybridized carbons (Fsp3) is 0.182. The molecule has 0 bridgehead atoms. The molecule has 0 amide bonds. The van der Waals surface area contributed by atoms with Gasteiger partial charge in [0.05, 0.1) is 68.5 Å². The third kappa shape index (κ3) is 15.2. The van der Waals surface area contributed by atoms with E-state index in [2.05, 4.69) is 55.7 Å². The zero-order valence-corrected chi connectivity index (χ0v) is 48.5. The van der Waals surface area contributed by atoms with Crippen molar-refractivity contribution in [2.24, 2.45) is 0 Å². The Morgan fingerprint density at radius 3 is 1.54 bits per heavy atom. The number of aromatic nitrogens is 12.